The van der Waals surface area contributed by atoms with Crippen LogP contribution in [0.15, 0.2) is 77.7 Å². The Hall–Kier alpha value is -3.97. The number of benzene rings is 2. The van der Waals surface area contributed by atoms with Gasteiger partial charge in [0.1, 0.15) is 17.8 Å². The van der Waals surface area contributed by atoms with Crippen LogP contribution in [-0.4, -0.2) is 21.4 Å². The second-order valence-electron chi connectivity index (χ2n) is 7.20. The number of carbonyl (C=O) groups is 2. The van der Waals surface area contributed by atoms with Crippen molar-refractivity contribution in [2.45, 2.75) is 13.5 Å². The van der Waals surface area contributed by atoms with E-state index in [0.29, 0.717) is 27.7 Å². The molecule has 2 aromatic heterocycles. The van der Waals surface area contributed by atoms with Gasteiger partial charge in [-0.25, -0.2) is 4.98 Å². The van der Waals surface area contributed by atoms with Crippen molar-refractivity contribution in [1.29, 1.82) is 0 Å². The highest BCUT2D eigenvalue weighted by Crippen LogP contribution is 2.16. The summed E-state index contributed by atoms with van der Waals surface area (Å²) in [6, 6.07) is 18.9. The topological polar surface area (TPSA) is 93.1 Å². The second kappa shape index (κ2) is 9.03. The Labute approximate surface area is 188 Å². The Morgan fingerprint density at radius 1 is 0.938 bits per heavy atom. The molecule has 0 spiro atoms. The van der Waals surface area contributed by atoms with Gasteiger partial charge in [-0.15, -0.1) is 0 Å². The van der Waals surface area contributed by atoms with Gasteiger partial charge in [0, 0.05) is 28.3 Å². The van der Waals surface area contributed by atoms with Gasteiger partial charge < -0.3 is 15.2 Å². The third-order valence-electron chi connectivity index (χ3n) is 4.78. The first-order valence-corrected chi connectivity index (χ1v) is 10.2. The number of anilines is 2. The molecule has 2 amide bonds. The SMILES string of the molecule is Cc1ccc2c(=O)c(C(=O)Nc3ccc(Cl)cc3)cn(CC(=O)Nc3ccccc3)c2n1. The predicted octanol–water partition coefficient (Wildman–Crippen LogP) is 4.25. The van der Waals surface area contributed by atoms with Crippen LogP contribution in [0.1, 0.15) is 16.1 Å². The summed E-state index contributed by atoms with van der Waals surface area (Å²) in [7, 11) is 0. The fourth-order valence-electron chi connectivity index (χ4n) is 3.25. The molecule has 160 valence electrons. The van der Waals surface area contributed by atoms with Crippen LogP contribution in [0.2, 0.25) is 5.02 Å². The minimum Gasteiger partial charge on any atom is -0.325 e. The van der Waals surface area contributed by atoms with E-state index in [-0.39, 0.29) is 23.4 Å². The number of fused-ring (bicyclic) bond motifs is 1. The molecule has 0 aliphatic rings. The monoisotopic (exact) mass is 446 g/mol. The van der Waals surface area contributed by atoms with E-state index in [2.05, 4.69) is 15.6 Å². The lowest BCUT2D eigenvalue weighted by Crippen LogP contribution is -2.27. The minimum absolute atomic E-state index is 0.0920. The maximum absolute atomic E-state index is 13.0. The van der Waals surface area contributed by atoms with E-state index in [1.165, 1.54) is 10.8 Å². The number of rotatable bonds is 5. The molecule has 0 fully saturated rings. The molecule has 0 radical (unpaired) electrons. The fraction of sp³-hybridized carbons (Fsp3) is 0.0833. The molecule has 7 nitrogen and oxygen atoms in total. The van der Waals surface area contributed by atoms with Crippen molar-refractivity contribution in [3.05, 3.63) is 99.4 Å². The Morgan fingerprint density at radius 2 is 1.62 bits per heavy atom. The van der Waals surface area contributed by atoms with Gasteiger partial charge in [0.15, 0.2) is 0 Å². The van der Waals surface area contributed by atoms with Crippen molar-refractivity contribution in [3.63, 3.8) is 0 Å². The second-order valence-corrected chi connectivity index (χ2v) is 7.64. The molecule has 0 saturated heterocycles. The van der Waals surface area contributed by atoms with Gasteiger partial charge in [-0.3, -0.25) is 14.4 Å². The molecular formula is C24H19ClN4O3. The van der Waals surface area contributed by atoms with Crippen LogP contribution in [0.4, 0.5) is 11.4 Å². The van der Waals surface area contributed by atoms with Crippen molar-refractivity contribution >= 4 is 45.8 Å². The number of nitrogens with one attached hydrogen (secondary N) is 2. The Kier molecular flexibility index (Phi) is 6.00. The molecule has 0 bridgehead atoms. The standard InChI is InChI=1S/C24H19ClN4O3/c1-15-7-12-19-22(31)20(24(32)28-18-10-8-16(25)9-11-18)13-29(23(19)26-15)14-21(30)27-17-5-3-2-4-6-17/h2-13H,14H2,1H3,(H,27,30)(H,28,32). The number of amides is 2. The number of pyridine rings is 2. The zero-order valence-electron chi connectivity index (χ0n) is 17.1. The van der Waals surface area contributed by atoms with Crippen LogP contribution in [-0.2, 0) is 11.3 Å². The molecule has 0 aliphatic heterocycles. The molecule has 0 aliphatic carbocycles. The fourth-order valence-corrected chi connectivity index (χ4v) is 3.38. The molecule has 2 heterocycles. The van der Waals surface area contributed by atoms with Crippen molar-refractivity contribution in [2.24, 2.45) is 0 Å². The third kappa shape index (κ3) is 4.68. The number of hydrogen-bond acceptors (Lipinski definition) is 4. The summed E-state index contributed by atoms with van der Waals surface area (Å²) < 4.78 is 1.51. The lowest BCUT2D eigenvalue weighted by molar-refractivity contribution is -0.116. The highest BCUT2D eigenvalue weighted by Gasteiger charge is 2.18. The van der Waals surface area contributed by atoms with Gasteiger partial charge in [-0.1, -0.05) is 29.8 Å². The van der Waals surface area contributed by atoms with Crippen molar-refractivity contribution < 1.29 is 9.59 Å². The largest absolute Gasteiger partial charge is 0.325 e. The smallest absolute Gasteiger partial charge is 0.261 e. The van der Waals surface area contributed by atoms with E-state index in [0.717, 1.165) is 0 Å². The quantitative estimate of drug-likeness (QED) is 0.479. The summed E-state index contributed by atoms with van der Waals surface area (Å²) in [5.74, 6) is -0.898. The molecule has 0 saturated carbocycles. The zero-order chi connectivity index (χ0) is 22.7. The van der Waals surface area contributed by atoms with Crippen LogP contribution < -0.4 is 16.1 Å². The van der Waals surface area contributed by atoms with E-state index in [1.807, 2.05) is 18.2 Å². The molecule has 2 aromatic carbocycles. The summed E-state index contributed by atoms with van der Waals surface area (Å²) >= 11 is 5.88. The first-order valence-electron chi connectivity index (χ1n) is 9.83. The maximum atomic E-state index is 13.0. The number of aryl methyl sites for hydroxylation is 1. The van der Waals surface area contributed by atoms with Gasteiger partial charge in [0.25, 0.3) is 5.91 Å². The molecule has 8 heteroatoms. The molecule has 0 atom stereocenters. The number of para-hydroxylation sites is 1. The molecule has 32 heavy (non-hydrogen) atoms. The number of hydrogen-bond donors (Lipinski definition) is 2. The molecule has 4 aromatic rings. The maximum Gasteiger partial charge on any atom is 0.261 e. The van der Waals surface area contributed by atoms with Crippen LogP contribution in [0.3, 0.4) is 0 Å². The number of carbonyl (C=O) groups excluding carboxylic acids is 2. The normalized spacial score (nSPS) is 10.7. The van der Waals surface area contributed by atoms with E-state index in [4.69, 9.17) is 11.6 Å². The average molecular weight is 447 g/mol. The van der Waals surface area contributed by atoms with Gasteiger partial charge in [0.2, 0.25) is 11.3 Å². The predicted molar refractivity (Wildman–Crippen MR) is 125 cm³/mol. The highest BCUT2D eigenvalue weighted by molar-refractivity contribution is 6.30. The first kappa shape index (κ1) is 21.3. The minimum atomic E-state index is -0.586. The molecular weight excluding hydrogens is 428 g/mol. The van der Waals surface area contributed by atoms with Crippen molar-refractivity contribution in [2.75, 3.05) is 10.6 Å². The summed E-state index contributed by atoms with van der Waals surface area (Å²) in [6.07, 6.45) is 1.37. The van der Waals surface area contributed by atoms with Gasteiger partial charge in [-0.05, 0) is 55.5 Å². The summed E-state index contributed by atoms with van der Waals surface area (Å²) in [5, 5.41) is 6.28. The zero-order valence-corrected chi connectivity index (χ0v) is 17.9. The van der Waals surface area contributed by atoms with E-state index >= 15 is 0 Å². The van der Waals surface area contributed by atoms with Gasteiger partial charge in [0.05, 0.1) is 5.39 Å². The van der Waals surface area contributed by atoms with E-state index in [1.54, 1.807) is 55.5 Å². The number of halogens is 1. The van der Waals surface area contributed by atoms with E-state index in [9.17, 15) is 14.4 Å². The van der Waals surface area contributed by atoms with Crippen LogP contribution in [0, 0.1) is 6.92 Å². The van der Waals surface area contributed by atoms with Crippen LogP contribution in [0.25, 0.3) is 11.0 Å². The van der Waals surface area contributed by atoms with Crippen molar-refractivity contribution in [3.8, 4) is 0 Å². The summed E-state index contributed by atoms with van der Waals surface area (Å²) in [4.78, 5) is 43.0. The van der Waals surface area contributed by atoms with Gasteiger partial charge >= 0.3 is 0 Å². The molecule has 0 unspecified atom stereocenters. The van der Waals surface area contributed by atoms with E-state index < -0.39 is 11.3 Å². The Bertz CT molecular complexity index is 1370. The lowest BCUT2D eigenvalue weighted by Gasteiger charge is -2.13. The number of aromatic nitrogens is 2. The average Bonchev–Trinajstić information content (AvgIpc) is 2.77. The summed E-state index contributed by atoms with van der Waals surface area (Å²) in [6.45, 7) is 1.67. The van der Waals surface area contributed by atoms with Crippen LogP contribution >= 0.6 is 11.6 Å². The van der Waals surface area contributed by atoms with Crippen molar-refractivity contribution in [1.82, 2.24) is 9.55 Å². The Balaban J connectivity index is 1.70. The lowest BCUT2D eigenvalue weighted by atomic mass is 10.1. The first-order chi connectivity index (χ1) is 15.4. The Morgan fingerprint density at radius 3 is 2.34 bits per heavy atom. The van der Waals surface area contributed by atoms with Gasteiger partial charge in [-0.2, -0.15) is 0 Å². The van der Waals surface area contributed by atoms with Crippen LogP contribution in [0.5, 0.6) is 0 Å². The molecule has 4 rings (SSSR count). The highest BCUT2D eigenvalue weighted by atomic mass is 35.5. The number of nitrogens with zero attached hydrogens (tertiary/aromatic N) is 2. The third-order valence-corrected chi connectivity index (χ3v) is 5.03. The summed E-state index contributed by atoms with van der Waals surface area (Å²) in [5.41, 5.74) is 1.61. The molecule has 2 N–H and O–H groups in total.